The minimum atomic E-state index is -0.961. The average Bonchev–Trinajstić information content (AvgIpc) is 2.47. The van der Waals surface area contributed by atoms with E-state index in [4.69, 9.17) is 14.6 Å². The second-order valence-corrected chi connectivity index (χ2v) is 4.33. The van der Waals surface area contributed by atoms with Gasteiger partial charge in [-0.15, -0.1) is 0 Å². The third-order valence-electron chi connectivity index (χ3n) is 2.88. The molecule has 0 radical (unpaired) electrons. The van der Waals surface area contributed by atoms with Gasteiger partial charge in [-0.2, -0.15) is 0 Å². The minimum Gasteiger partial charge on any atom is -0.479 e. The van der Waals surface area contributed by atoms with E-state index in [2.05, 4.69) is 0 Å². The molecule has 0 spiro atoms. The molecule has 4 nitrogen and oxygen atoms in total. The highest BCUT2D eigenvalue weighted by atomic mass is 16.5. The van der Waals surface area contributed by atoms with Crippen LogP contribution in [-0.2, 0) is 16.0 Å². The lowest BCUT2D eigenvalue weighted by Gasteiger charge is -2.11. The Morgan fingerprint density at radius 3 is 2.20 bits per heavy atom. The van der Waals surface area contributed by atoms with Crippen LogP contribution in [0.15, 0.2) is 54.6 Å². The molecule has 20 heavy (non-hydrogen) atoms. The highest BCUT2D eigenvalue weighted by Gasteiger charge is 2.16. The van der Waals surface area contributed by atoms with Gasteiger partial charge in [-0.1, -0.05) is 30.3 Å². The van der Waals surface area contributed by atoms with Crippen LogP contribution in [0.2, 0.25) is 0 Å². The van der Waals surface area contributed by atoms with Crippen molar-refractivity contribution in [1.82, 2.24) is 0 Å². The van der Waals surface area contributed by atoms with Crippen molar-refractivity contribution in [3.63, 3.8) is 0 Å². The topological polar surface area (TPSA) is 55.8 Å². The van der Waals surface area contributed by atoms with Crippen molar-refractivity contribution in [2.75, 3.05) is 7.11 Å². The maximum absolute atomic E-state index is 10.9. The van der Waals surface area contributed by atoms with Crippen LogP contribution in [-0.4, -0.2) is 24.3 Å². The van der Waals surface area contributed by atoms with Crippen molar-refractivity contribution < 1.29 is 19.4 Å². The molecule has 0 fully saturated rings. The number of para-hydroxylation sites is 1. The number of carbonyl (C=O) groups is 1. The first-order chi connectivity index (χ1) is 9.69. The van der Waals surface area contributed by atoms with Gasteiger partial charge >= 0.3 is 5.97 Å². The van der Waals surface area contributed by atoms with Gasteiger partial charge in [0, 0.05) is 13.5 Å². The standard InChI is InChI=1S/C16H16O4/c1-19-15(16(17)18)11-12-7-9-14(10-8-12)20-13-5-3-2-4-6-13/h2-10,15H,11H2,1H3,(H,17,18)/t15-/m1/s1. The molecule has 0 amide bonds. The molecule has 0 saturated heterocycles. The maximum atomic E-state index is 10.9. The summed E-state index contributed by atoms with van der Waals surface area (Å²) in [5.41, 5.74) is 0.889. The summed E-state index contributed by atoms with van der Waals surface area (Å²) in [6.45, 7) is 0. The molecule has 104 valence electrons. The molecule has 0 aromatic heterocycles. The highest BCUT2D eigenvalue weighted by molar-refractivity contribution is 5.72. The SMILES string of the molecule is CO[C@H](Cc1ccc(Oc2ccccc2)cc1)C(=O)O. The molecule has 0 unspecified atom stereocenters. The molecule has 4 heteroatoms. The summed E-state index contributed by atoms with van der Waals surface area (Å²) in [4.78, 5) is 10.9. The van der Waals surface area contributed by atoms with E-state index in [-0.39, 0.29) is 0 Å². The van der Waals surface area contributed by atoms with Gasteiger partial charge in [0.05, 0.1) is 0 Å². The van der Waals surface area contributed by atoms with E-state index in [9.17, 15) is 4.79 Å². The summed E-state index contributed by atoms with van der Waals surface area (Å²) in [7, 11) is 1.39. The second kappa shape index (κ2) is 6.73. The summed E-state index contributed by atoms with van der Waals surface area (Å²) in [6.07, 6.45) is -0.492. The van der Waals surface area contributed by atoms with Crippen molar-refractivity contribution in [3.05, 3.63) is 60.2 Å². The molecule has 0 aliphatic carbocycles. The Bertz CT molecular complexity index is 548. The van der Waals surface area contributed by atoms with Crippen molar-refractivity contribution in [1.29, 1.82) is 0 Å². The van der Waals surface area contributed by atoms with Gasteiger partial charge in [0.1, 0.15) is 11.5 Å². The van der Waals surface area contributed by atoms with Crippen LogP contribution in [0, 0.1) is 0 Å². The number of benzene rings is 2. The molecule has 2 aromatic rings. The van der Waals surface area contributed by atoms with E-state index in [1.165, 1.54) is 7.11 Å². The molecular weight excluding hydrogens is 256 g/mol. The zero-order valence-corrected chi connectivity index (χ0v) is 11.2. The normalized spacial score (nSPS) is 11.8. The highest BCUT2D eigenvalue weighted by Crippen LogP contribution is 2.21. The number of hydrogen-bond donors (Lipinski definition) is 1. The van der Waals surface area contributed by atoms with Crippen LogP contribution in [0.5, 0.6) is 11.5 Å². The first-order valence-corrected chi connectivity index (χ1v) is 6.26. The first kappa shape index (κ1) is 14.1. The molecule has 0 bridgehead atoms. The van der Waals surface area contributed by atoms with Crippen molar-refractivity contribution in [3.8, 4) is 11.5 Å². The largest absolute Gasteiger partial charge is 0.479 e. The van der Waals surface area contributed by atoms with Gasteiger partial charge in [-0.05, 0) is 29.8 Å². The predicted octanol–water partition coefficient (Wildman–Crippen LogP) is 3.12. The Kier molecular flexibility index (Phi) is 4.74. The summed E-state index contributed by atoms with van der Waals surface area (Å²) >= 11 is 0. The summed E-state index contributed by atoms with van der Waals surface area (Å²) < 4.78 is 10.6. The van der Waals surface area contributed by atoms with Gasteiger partial charge in [-0.25, -0.2) is 4.79 Å². The number of ether oxygens (including phenoxy) is 2. The smallest absolute Gasteiger partial charge is 0.333 e. The number of hydrogen-bond acceptors (Lipinski definition) is 3. The van der Waals surface area contributed by atoms with Crippen LogP contribution in [0.25, 0.3) is 0 Å². The van der Waals surface area contributed by atoms with E-state index in [1.54, 1.807) is 0 Å². The van der Waals surface area contributed by atoms with Crippen LogP contribution in [0.1, 0.15) is 5.56 Å². The fourth-order valence-electron chi connectivity index (χ4n) is 1.80. The number of rotatable bonds is 6. The molecule has 0 aliphatic heterocycles. The lowest BCUT2D eigenvalue weighted by Crippen LogP contribution is -2.24. The van der Waals surface area contributed by atoms with Gasteiger partial charge in [0.15, 0.2) is 6.10 Å². The van der Waals surface area contributed by atoms with E-state index >= 15 is 0 Å². The van der Waals surface area contributed by atoms with Gasteiger partial charge in [0.25, 0.3) is 0 Å². The average molecular weight is 272 g/mol. The third kappa shape index (κ3) is 3.83. The van der Waals surface area contributed by atoms with Crippen LogP contribution in [0.3, 0.4) is 0 Å². The number of carboxylic acid groups (broad SMARTS) is 1. The Hall–Kier alpha value is -2.33. The molecule has 2 aromatic carbocycles. The van der Waals surface area contributed by atoms with Gasteiger partial charge in [0.2, 0.25) is 0 Å². The van der Waals surface area contributed by atoms with Crippen molar-refractivity contribution >= 4 is 5.97 Å². The van der Waals surface area contributed by atoms with Crippen LogP contribution >= 0.6 is 0 Å². The van der Waals surface area contributed by atoms with Gasteiger partial charge in [-0.3, -0.25) is 0 Å². The van der Waals surface area contributed by atoms with E-state index < -0.39 is 12.1 Å². The number of aliphatic carboxylic acids is 1. The Morgan fingerprint density at radius 2 is 1.65 bits per heavy atom. The molecule has 2 rings (SSSR count). The fourth-order valence-corrected chi connectivity index (χ4v) is 1.80. The maximum Gasteiger partial charge on any atom is 0.333 e. The quantitative estimate of drug-likeness (QED) is 0.877. The van der Waals surface area contributed by atoms with Crippen molar-refractivity contribution in [2.45, 2.75) is 12.5 Å². The van der Waals surface area contributed by atoms with Crippen LogP contribution < -0.4 is 4.74 Å². The first-order valence-electron chi connectivity index (χ1n) is 6.26. The predicted molar refractivity (Wildman–Crippen MR) is 75.1 cm³/mol. The Balaban J connectivity index is 2.01. The van der Waals surface area contributed by atoms with Crippen molar-refractivity contribution in [2.24, 2.45) is 0 Å². The molecule has 0 heterocycles. The summed E-state index contributed by atoms with van der Waals surface area (Å²) in [5.74, 6) is 0.516. The Labute approximate surface area is 117 Å². The second-order valence-electron chi connectivity index (χ2n) is 4.33. The van der Waals surface area contributed by atoms with E-state index in [0.717, 1.165) is 11.3 Å². The molecule has 0 saturated carbocycles. The Morgan fingerprint density at radius 1 is 1.05 bits per heavy atom. The molecule has 1 atom stereocenters. The summed E-state index contributed by atoms with van der Waals surface area (Å²) in [6, 6.07) is 16.8. The third-order valence-corrected chi connectivity index (χ3v) is 2.88. The summed E-state index contributed by atoms with van der Waals surface area (Å²) in [5, 5.41) is 8.93. The zero-order chi connectivity index (χ0) is 14.4. The number of carboxylic acids is 1. The minimum absolute atomic E-state index is 0.331. The van der Waals surface area contributed by atoms with E-state index in [1.807, 2.05) is 54.6 Å². The monoisotopic (exact) mass is 272 g/mol. The molecular formula is C16H16O4. The lowest BCUT2D eigenvalue weighted by atomic mass is 10.1. The fraction of sp³-hybridized carbons (Fsp3) is 0.188. The van der Waals surface area contributed by atoms with Gasteiger partial charge < -0.3 is 14.6 Å². The molecule has 1 N–H and O–H groups in total. The zero-order valence-electron chi connectivity index (χ0n) is 11.2. The van der Waals surface area contributed by atoms with Crippen LogP contribution in [0.4, 0.5) is 0 Å². The number of methoxy groups -OCH3 is 1. The lowest BCUT2D eigenvalue weighted by molar-refractivity contribution is -0.148. The van der Waals surface area contributed by atoms with E-state index in [0.29, 0.717) is 12.2 Å². The molecule has 0 aliphatic rings.